The fraction of sp³-hybridized carbons (Fsp3) is 0.824. The summed E-state index contributed by atoms with van der Waals surface area (Å²) in [6, 6.07) is 0. The Labute approximate surface area is 150 Å². The molecule has 0 saturated heterocycles. The Kier molecular flexibility index (Phi) is 4.64. The largest absolute Gasteiger partial charge is 0.380 e. The molecule has 140 valence electrons. The van der Waals surface area contributed by atoms with Crippen molar-refractivity contribution in [3.63, 3.8) is 0 Å². The van der Waals surface area contributed by atoms with Gasteiger partial charge in [0.2, 0.25) is 0 Å². The van der Waals surface area contributed by atoms with E-state index in [1.54, 1.807) is 18.4 Å². The Morgan fingerprint density at radius 2 is 1.92 bits per heavy atom. The van der Waals surface area contributed by atoms with Gasteiger partial charge in [-0.3, -0.25) is 4.68 Å². The number of nitrogens with zero attached hydrogens (tertiary/aromatic N) is 4. The van der Waals surface area contributed by atoms with Gasteiger partial charge in [-0.2, -0.15) is 22.1 Å². The molecule has 0 N–H and O–H groups in total. The predicted molar refractivity (Wildman–Crippen MR) is 94.3 cm³/mol. The van der Waals surface area contributed by atoms with Crippen LogP contribution in [0, 0.1) is 11.8 Å². The van der Waals surface area contributed by atoms with Crippen LogP contribution >= 0.6 is 0 Å². The average Bonchev–Trinajstić information content (AvgIpc) is 3.46. The lowest BCUT2D eigenvalue weighted by atomic mass is 9.99. The maximum atomic E-state index is 12.6. The second-order valence-corrected chi connectivity index (χ2v) is 10.1. The zero-order chi connectivity index (χ0) is 17.6. The minimum absolute atomic E-state index is 0.0117. The van der Waals surface area contributed by atoms with Crippen LogP contribution in [0.3, 0.4) is 0 Å². The van der Waals surface area contributed by atoms with Crippen LogP contribution in [0.4, 0.5) is 0 Å². The summed E-state index contributed by atoms with van der Waals surface area (Å²) in [7, 11) is -0.265. The maximum absolute atomic E-state index is 12.6. The van der Waals surface area contributed by atoms with Crippen molar-refractivity contribution in [2.75, 3.05) is 33.9 Å². The van der Waals surface area contributed by atoms with Gasteiger partial charge in [0.1, 0.15) is 0 Å². The Balaban J connectivity index is 1.53. The third-order valence-corrected chi connectivity index (χ3v) is 7.18. The third-order valence-electron chi connectivity index (χ3n) is 5.33. The van der Waals surface area contributed by atoms with E-state index in [2.05, 4.69) is 0 Å². The quantitative estimate of drug-likeness (QED) is 0.696. The molecule has 0 amide bonds. The molecule has 0 spiro atoms. The van der Waals surface area contributed by atoms with Crippen molar-refractivity contribution in [2.24, 2.45) is 11.8 Å². The Morgan fingerprint density at radius 3 is 2.56 bits per heavy atom. The standard InChI is InChI=1S/C17H28N4O3S/c1-19(2)25(22,23)21-9-15-8-20(7-13-3-4-13)18-17(15)16(10-21)12-24-11-14-5-6-14/h8,13-14,16H,3-7,9-12H2,1-2H3. The van der Waals surface area contributed by atoms with Crippen LogP contribution in [-0.2, 0) is 28.0 Å². The zero-order valence-corrected chi connectivity index (χ0v) is 15.9. The Morgan fingerprint density at radius 1 is 1.20 bits per heavy atom. The molecule has 8 heteroatoms. The number of hydrogen-bond donors (Lipinski definition) is 0. The summed E-state index contributed by atoms with van der Waals surface area (Å²) >= 11 is 0. The lowest BCUT2D eigenvalue weighted by Gasteiger charge is -2.32. The molecule has 1 aliphatic heterocycles. The van der Waals surface area contributed by atoms with Crippen LogP contribution in [0.1, 0.15) is 42.9 Å². The molecular weight excluding hydrogens is 340 g/mol. The highest BCUT2D eigenvalue weighted by Crippen LogP contribution is 2.34. The SMILES string of the molecule is CN(C)S(=O)(=O)N1Cc2cn(CC3CC3)nc2C(COCC2CC2)C1. The number of aromatic nitrogens is 2. The van der Waals surface area contributed by atoms with Crippen LogP contribution in [0.2, 0.25) is 0 Å². The summed E-state index contributed by atoms with van der Waals surface area (Å²) in [5, 5.41) is 4.79. The lowest BCUT2D eigenvalue weighted by molar-refractivity contribution is 0.100. The summed E-state index contributed by atoms with van der Waals surface area (Å²) in [6.45, 7) is 3.12. The molecule has 1 aromatic heterocycles. The van der Waals surface area contributed by atoms with Gasteiger partial charge in [0.25, 0.3) is 10.2 Å². The monoisotopic (exact) mass is 368 g/mol. The number of ether oxygens (including phenoxy) is 1. The van der Waals surface area contributed by atoms with Crippen molar-refractivity contribution in [3.8, 4) is 0 Å². The molecule has 4 rings (SSSR count). The molecule has 7 nitrogen and oxygen atoms in total. The normalized spacial score (nSPS) is 24.7. The fourth-order valence-corrected chi connectivity index (χ4v) is 4.52. The van der Waals surface area contributed by atoms with Gasteiger partial charge < -0.3 is 4.74 Å². The summed E-state index contributed by atoms with van der Waals surface area (Å²) < 4.78 is 36.0. The second-order valence-electron chi connectivity index (χ2n) is 7.97. The van der Waals surface area contributed by atoms with Crippen molar-refractivity contribution in [3.05, 3.63) is 17.5 Å². The van der Waals surface area contributed by atoms with Crippen molar-refractivity contribution in [2.45, 2.75) is 44.7 Å². The number of rotatable bonds is 8. The molecule has 1 aromatic rings. The van der Waals surface area contributed by atoms with Gasteiger partial charge in [-0.05, 0) is 37.5 Å². The first kappa shape index (κ1) is 17.5. The summed E-state index contributed by atoms with van der Waals surface area (Å²) in [4.78, 5) is 0. The van der Waals surface area contributed by atoms with E-state index >= 15 is 0 Å². The fourth-order valence-electron chi connectivity index (χ4n) is 3.39. The molecule has 25 heavy (non-hydrogen) atoms. The van der Waals surface area contributed by atoms with Gasteiger partial charge in [0, 0.05) is 58.0 Å². The van der Waals surface area contributed by atoms with E-state index in [9.17, 15) is 8.42 Å². The minimum atomic E-state index is -3.43. The topological polar surface area (TPSA) is 67.7 Å². The Hall–Kier alpha value is -0.960. The highest BCUT2D eigenvalue weighted by molar-refractivity contribution is 7.86. The summed E-state index contributed by atoms with van der Waals surface area (Å²) in [5.41, 5.74) is 2.05. The molecule has 0 bridgehead atoms. The highest BCUT2D eigenvalue weighted by Gasteiger charge is 2.36. The van der Waals surface area contributed by atoms with E-state index in [0.29, 0.717) is 25.6 Å². The van der Waals surface area contributed by atoms with E-state index in [4.69, 9.17) is 9.84 Å². The molecule has 2 saturated carbocycles. The summed E-state index contributed by atoms with van der Waals surface area (Å²) in [5.74, 6) is 1.46. The van der Waals surface area contributed by atoms with E-state index in [0.717, 1.165) is 30.3 Å². The van der Waals surface area contributed by atoms with Gasteiger partial charge in [-0.15, -0.1) is 0 Å². The van der Waals surface area contributed by atoms with Crippen LogP contribution in [0.5, 0.6) is 0 Å². The first-order valence-electron chi connectivity index (χ1n) is 9.25. The van der Waals surface area contributed by atoms with Crippen LogP contribution in [-0.4, -0.2) is 60.7 Å². The van der Waals surface area contributed by atoms with Crippen molar-refractivity contribution < 1.29 is 13.2 Å². The van der Waals surface area contributed by atoms with Crippen LogP contribution in [0.25, 0.3) is 0 Å². The van der Waals surface area contributed by atoms with Crippen molar-refractivity contribution >= 4 is 10.2 Å². The number of hydrogen-bond acceptors (Lipinski definition) is 4. The Bertz CT molecular complexity index is 722. The van der Waals surface area contributed by atoms with E-state index in [-0.39, 0.29) is 5.92 Å². The van der Waals surface area contributed by atoms with Crippen LogP contribution in [0.15, 0.2) is 6.20 Å². The number of fused-ring (bicyclic) bond motifs is 1. The van der Waals surface area contributed by atoms with Gasteiger partial charge in [0.15, 0.2) is 0 Å². The molecule has 0 aromatic carbocycles. The average molecular weight is 369 g/mol. The second kappa shape index (κ2) is 6.64. The molecule has 2 fully saturated rings. The van der Waals surface area contributed by atoms with Crippen molar-refractivity contribution in [1.29, 1.82) is 0 Å². The molecule has 2 heterocycles. The zero-order valence-electron chi connectivity index (χ0n) is 15.1. The minimum Gasteiger partial charge on any atom is -0.380 e. The van der Waals surface area contributed by atoms with Crippen LogP contribution < -0.4 is 0 Å². The molecule has 0 radical (unpaired) electrons. The van der Waals surface area contributed by atoms with E-state index in [1.165, 1.54) is 30.0 Å². The van der Waals surface area contributed by atoms with Gasteiger partial charge in [-0.25, -0.2) is 0 Å². The molecule has 2 aliphatic carbocycles. The lowest BCUT2D eigenvalue weighted by Crippen LogP contribution is -2.44. The predicted octanol–water partition coefficient (Wildman–Crippen LogP) is 1.43. The van der Waals surface area contributed by atoms with Gasteiger partial charge in [-0.1, -0.05) is 0 Å². The van der Waals surface area contributed by atoms with Gasteiger partial charge in [0.05, 0.1) is 12.3 Å². The van der Waals surface area contributed by atoms with E-state index in [1.807, 2.05) is 10.9 Å². The maximum Gasteiger partial charge on any atom is 0.281 e. The van der Waals surface area contributed by atoms with Crippen molar-refractivity contribution in [1.82, 2.24) is 18.4 Å². The summed E-state index contributed by atoms with van der Waals surface area (Å²) in [6.07, 6.45) is 7.11. The smallest absolute Gasteiger partial charge is 0.281 e. The molecule has 1 atom stereocenters. The molecular formula is C17H28N4O3S. The third kappa shape index (κ3) is 3.92. The molecule has 3 aliphatic rings. The van der Waals surface area contributed by atoms with Gasteiger partial charge >= 0.3 is 0 Å². The first-order chi connectivity index (χ1) is 11.9. The van der Waals surface area contributed by atoms with E-state index < -0.39 is 10.2 Å². The molecule has 1 unspecified atom stereocenters. The first-order valence-corrected chi connectivity index (χ1v) is 10.6. The highest BCUT2D eigenvalue weighted by atomic mass is 32.2.